The highest BCUT2D eigenvalue weighted by Gasteiger charge is 2.29. The van der Waals surface area contributed by atoms with E-state index in [0.717, 1.165) is 11.8 Å². The zero-order valence-electron chi connectivity index (χ0n) is 12.0. The molecule has 0 unspecified atom stereocenters. The smallest absolute Gasteiger partial charge is 0.0143 e. The van der Waals surface area contributed by atoms with E-state index in [0.29, 0.717) is 5.41 Å². The summed E-state index contributed by atoms with van der Waals surface area (Å²) in [6.07, 6.45) is 10.2. The molecule has 0 nitrogen and oxygen atoms in total. The third-order valence-corrected chi connectivity index (χ3v) is 4.59. The molecule has 18 heavy (non-hydrogen) atoms. The molecule has 0 heterocycles. The number of allylic oxidation sites excluding steroid dienone is 1. The van der Waals surface area contributed by atoms with Gasteiger partial charge in [0.15, 0.2) is 0 Å². The van der Waals surface area contributed by atoms with Crippen LogP contribution in [0.3, 0.4) is 0 Å². The fraction of sp³-hybridized carbons (Fsp3) is 0.556. The highest BCUT2D eigenvalue weighted by molar-refractivity contribution is 5.49. The van der Waals surface area contributed by atoms with Crippen molar-refractivity contribution in [2.45, 2.75) is 46.5 Å². The maximum atomic E-state index is 2.44. The maximum absolute atomic E-state index is 2.44. The van der Waals surface area contributed by atoms with Gasteiger partial charge in [-0.3, -0.25) is 0 Å². The Balaban J connectivity index is 1.96. The van der Waals surface area contributed by atoms with Crippen molar-refractivity contribution in [2.75, 3.05) is 0 Å². The lowest BCUT2D eigenvalue weighted by atomic mass is 9.69. The number of hydrogen-bond donors (Lipinski definition) is 0. The van der Waals surface area contributed by atoms with Crippen molar-refractivity contribution < 1.29 is 0 Å². The number of rotatable bonds is 3. The van der Waals surface area contributed by atoms with E-state index in [1.54, 1.807) is 0 Å². The second-order valence-electron chi connectivity index (χ2n) is 6.48. The van der Waals surface area contributed by atoms with Crippen molar-refractivity contribution in [1.82, 2.24) is 0 Å². The summed E-state index contributed by atoms with van der Waals surface area (Å²) >= 11 is 0. The topological polar surface area (TPSA) is 0 Å². The molecule has 1 aromatic carbocycles. The normalized spacial score (nSPS) is 29.0. The molecule has 0 heteroatoms. The van der Waals surface area contributed by atoms with Gasteiger partial charge in [-0.05, 0) is 48.5 Å². The SMILES string of the molecule is CC(C)C1CCC(C)(/C=C/c2ccccc2)CC1. The summed E-state index contributed by atoms with van der Waals surface area (Å²) < 4.78 is 0. The first-order chi connectivity index (χ1) is 8.59. The lowest BCUT2D eigenvalue weighted by Gasteiger charge is -2.36. The minimum absolute atomic E-state index is 0.418. The van der Waals surface area contributed by atoms with Crippen LogP contribution in [-0.4, -0.2) is 0 Å². The number of hydrogen-bond acceptors (Lipinski definition) is 0. The number of benzene rings is 1. The van der Waals surface area contributed by atoms with E-state index in [1.807, 2.05) is 0 Å². The molecule has 0 spiro atoms. The van der Waals surface area contributed by atoms with Gasteiger partial charge in [0.2, 0.25) is 0 Å². The zero-order valence-corrected chi connectivity index (χ0v) is 12.0. The Morgan fingerprint density at radius 1 is 1.11 bits per heavy atom. The van der Waals surface area contributed by atoms with E-state index in [1.165, 1.54) is 31.2 Å². The van der Waals surface area contributed by atoms with E-state index < -0.39 is 0 Å². The fourth-order valence-electron chi connectivity index (χ4n) is 2.99. The van der Waals surface area contributed by atoms with Crippen molar-refractivity contribution in [2.24, 2.45) is 17.3 Å². The van der Waals surface area contributed by atoms with Gasteiger partial charge >= 0.3 is 0 Å². The first-order valence-corrected chi connectivity index (χ1v) is 7.33. The Morgan fingerprint density at radius 2 is 1.72 bits per heavy atom. The van der Waals surface area contributed by atoms with Crippen LogP contribution in [0.5, 0.6) is 0 Å². The molecule has 0 bridgehead atoms. The minimum Gasteiger partial charge on any atom is -0.0780 e. The van der Waals surface area contributed by atoms with E-state index in [-0.39, 0.29) is 0 Å². The average molecular weight is 242 g/mol. The maximum Gasteiger partial charge on any atom is -0.0143 e. The Hall–Kier alpha value is -1.04. The van der Waals surface area contributed by atoms with Gasteiger partial charge in [-0.1, -0.05) is 63.3 Å². The second kappa shape index (κ2) is 5.73. The van der Waals surface area contributed by atoms with Crippen LogP contribution in [0.4, 0.5) is 0 Å². The van der Waals surface area contributed by atoms with Crippen LogP contribution in [0.25, 0.3) is 6.08 Å². The summed E-state index contributed by atoms with van der Waals surface area (Å²) in [7, 11) is 0. The summed E-state index contributed by atoms with van der Waals surface area (Å²) in [5, 5.41) is 0. The summed E-state index contributed by atoms with van der Waals surface area (Å²) in [6, 6.07) is 10.7. The molecule has 0 radical (unpaired) electrons. The molecule has 0 atom stereocenters. The van der Waals surface area contributed by atoms with E-state index in [4.69, 9.17) is 0 Å². The molecule has 2 rings (SSSR count). The van der Waals surface area contributed by atoms with Gasteiger partial charge in [-0.15, -0.1) is 0 Å². The molecule has 1 fully saturated rings. The van der Waals surface area contributed by atoms with Crippen LogP contribution in [-0.2, 0) is 0 Å². The van der Waals surface area contributed by atoms with Crippen molar-refractivity contribution in [3.05, 3.63) is 42.0 Å². The van der Waals surface area contributed by atoms with Crippen LogP contribution in [0.1, 0.15) is 52.0 Å². The predicted octanol–water partition coefficient (Wildman–Crippen LogP) is 5.55. The van der Waals surface area contributed by atoms with Gasteiger partial charge < -0.3 is 0 Å². The van der Waals surface area contributed by atoms with Crippen LogP contribution < -0.4 is 0 Å². The van der Waals surface area contributed by atoms with Crippen molar-refractivity contribution in [1.29, 1.82) is 0 Å². The summed E-state index contributed by atoms with van der Waals surface area (Å²) in [5.41, 5.74) is 1.74. The summed E-state index contributed by atoms with van der Waals surface area (Å²) in [4.78, 5) is 0. The van der Waals surface area contributed by atoms with Crippen molar-refractivity contribution >= 4 is 6.08 Å². The molecular formula is C18H26. The highest BCUT2D eigenvalue weighted by atomic mass is 14.3. The van der Waals surface area contributed by atoms with Crippen LogP contribution in [0.2, 0.25) is 0 Å². The first kappa shape index (κ1) is 13.4. The molecule has 0 N–H and O–H groups in total. The third kappa shape index (κ3) is 3.48. The average Bonchev–Trinajstić information content (AvgIpc) is 2.38. The molecule has 1 aromatic rings. The molecule has 1 aliphatic carbocycles. The lowest BCUT2D eigenvalue weighted by molar-refractivity contribution is 0.185. The third-order valence-electron chi connectivity index (χ3n) is 4.59. The molecular weight excluding hydrogens is 216 g/mol. The van der Waals surface area contributed by atoms with E-state index in [9.17, 15) is 0 Å². The summed E-state index contributed by atoms with van der Waals surface area (Å²) in [5.74, 6) is 1.80. The van der Waals surface area contributed by atoms with Gasteiger partial charge in [0.05, 0.1) is 0 Å². The molecule has 1 saturated carbocycles. The Labute approximate surface area is 112 Å². The second-order valence-corrected chi connectivity index (χ2v) is 6.48. The van der Waals surface area contributed by atoms with Crippen molar-refractivity contribution in [3.63, 3.8) is 0 Å². The van der Waals surface area contributed by atoms with Crippen LogP contribution in [0.15, 0.2) is 36.4 Å². The predicted molar refractivity (Wildman–Crippen MR) is 80.4 cm³/mol. The molecule has 0 aromatic heterocycles. The van der Waals surface area contributed by atoms with E-state index >= 15 is 0 Å². The fourth-order valence-corrected chi connectivity index (χ4v) is 2.99. The lowest BCUT2D eigenvalue weighted by Crippen LogP contribution is -2.24. The van der Waals surface area contributed by atoms with Gasteiger partial charge in [-0.25, -0.2) is 0 Å². The van der Waals surface area contributed by atoms with Gasteiger partial charge in [0, 0.05) is 0 Å². The summed E-state index contributed by atoms with van der Waals surface area (Å²) in [6.45, 7) is 7.16. The standard InChI is InChI=1S/C18H26/c1-15(2)17-10-13-18(3,14-11-17)12-9-16-7-5-4-6-8-16/h4-9,12,15,17H,10-11,13-14H2,1-3H3/b12-9+. The monoisotopic (exact) mass is 242 g/mol. The zero-order chi connectivity index (χ0) is 13.0. The molecule has 1 aliphatic rings. The molecule has 0 aliphatic heterocycles. The molecule has 0 amide bonds. The largest absolute Gasteiger partial charge is 0.0780 e. The highest BCUT2D eigenvalue weighted by Crippen LogP contribution is 2.42. The quantitative estimate of drug-likeness (QED) is 0.651. The van der Waals surface area contributed by atoms with Gasteiger partial charge in [0.25, 0.3) is 0 Å². The van der Waals surface area contributed by atoms with Crippen molar-refractivity contribution in [3.8, 4) is 0 Å². The Bertz CT molecular complexity index is 378. The van der Waals surface area contributed by atoms with Gasteiger partial charge in [-0.2, -0.15) is 0 Å². The molecule has 98 valence electrons. The molecule has 0 saturated heterocycles. The van der Waals surface area contributed by atoms with Crippen LogP contribution in [0, 0.1) is 17.3 Å². The minimum atomic E-state index is 0.418. The Morgan fingerprint density at radius 3 is 2.28 bits per heavy atom. The van der Waals surface area contributed by atoms with Gasteiger partial charge in [0.1, 0.15) is 0 Å². The van der Waals surface area contributed by atoms with E-state index in [2.05, 4.69) is 63.3 Å². The Kier molecular flexibility index (Phi) is 4.27. The first-order valence-electron chi connectivity index (χ1n) is 7.33. The van der Waals surface area contributed by atoms with Crippen LogP contribution >= 0.6 is 0 Å².